The summed E-state index contributed by atoms with van der Waals surface area (Å²) in [6, 6.07) is 10.3. The van der Waals surface area contributed by atoms with E-state index in [2.05, 4.69) is 21.8 Å². The molecule has 0 aliphatic heterocycles. The van der Waals surface area contributed by atoms with Gasteiger partial charge >= 0.3 is 5.97 Å². The van der Waals surface area contributed by atoms with Crippen molar-refractivity contribution in [1.29, 1.82) is 0 Å². The molecule has 1 aliphatic rings. The number of ether oxygens (including phenoxy) is 1. The second-order valence-corrected chi connectivity index (χ2v) is 6.37. The highest BCUT2D eigenvalue weighted by Gasteiger charge is 2.32. The Morgan fingerprint density at radius 2 is 1.96 bits per heavy atom. The summed E-state index contributed by atoms with van der Waals surface area (Å²) < 4.78 is 7.24. The molecule has 1 saturated carbocycles. The fourth-order valence-electron chi connectivity index (χ4n) is 3.25. The van der Waals surface area contributed by atoms with Crippen LogP contribution in [0, 0.1) is 6.92 Å². The van der Waals surface area contributed by atoms with Gasteiger partial charge in [-0.15, -0.1) is 0 Å². The summed E-state index contributed by atoms with van der Waals surface area (Å²) in [5, 5.41) is 4.81. The van der Waals surface area contributed by atoms with E-state index in [0.29, 0.717) is 18.2 Å². The first-order chi connectivity index (χ1) is 12.7. The van der Waals surface area contributed by atoms with E-state index in [1.807, 2.05) is 45.9 Å². The van der Waals surface area contributed by atoms with Gasteiger partial charge in [0.2, 0.25) is 0 Å². The number of aromatic amines is 1. The number of hydrogen-bond acceptors (Lipinski definition) is 3. The van der Waals surface area contributed by atoms with Gasteiger partial charge in [0.15, 0.2) is 0 Å². The standard InChI is InChI=1S/C19H21N3O2.C2H6/c1-3-24-19(23)16-12(2)15-17(20-16)18(14-9-10-14)22(21-15)11-13-7-5-4-6-8-13;1-2/h4-8,14,20H,3,9-11H2,1-2H3;1-2H3. The highest BCUT2D eigenvalue weighted by Crippen LogP contribution is 2.43. The lowest BCUT2D eigenvalue weighted by atomic mass is 10.2. The van der Waals surface area contributed by atoms with Crippen molar-refractivity contribution in [3.63, 3.8) is 0 Å². The number of aromatic nitrogens is 3. The van der Waals surface area contributed by atoms with Crippen LogP contribution in [-0.4, -0.2) is 27.3 Å². The Bertz CT molecular complexity index is 889. The molecule has 4 rings (SSSR count). The van der Waals surface area contributed by atoms with Crippen LogP contribution in [0.2, 0.25) is 0 Å². The molecular weight excluding hydrogens is 326 g/mol. The first-order valence-electron chi connectivity index (χ1n) is 9.49. The summed E-state index contributed by atoms with van der Waals surface area (Å²) in [5.74, 6) is 0.233. The number of nitrogens with zero attached hydrogens (tertiary/aromatic N) is 2. The molecule has 0 bridgehead atoms. The quantitative estimate of drug-likeness (QED) is 0.670. The van der Waals surface area contributed by atoms with E-state index < -0.39 is 0 Å². The lowest BCUT2D eigenvalue weighted by molar-refractivity contribution is 0.0519. The molecule has 138 valence electrons. The molecule has 1 aromatic carbocycles. The van der Waals surface area contributed by atoms with Gasteiger partial charge in [0.1, 0.15) is 11.2 Å². The monoisotopic (exact) mass is 353 g/mol. The molecule has 0 spiro atoms. The molecule has 2 aromatic heterocycles. The predicted octanol–water partition coefficient (Wildman–Crippen LogP) is 4.80. The van der Waals surface area contributed by atoms with Crippen LogP contribution >= 0.6 is 0 Å². The molecule has 5 nitrogen and oxygen atoms in total. The van der Waals surface area contributed by atoms with Gasteiger partial charge in [-0.3, -0.25) is 4.68 Å². The Morgan fingerprint density at radius 3 is 2.58 bits per heavy atom. The van der Waals surface area contributed by atoms with Crippen molar-refractivity contribution in [2.45, 2.75) is 53.0 Å². The number of carbonyl (C=O) groups excluding carboxylic acids is 1. The smallest absolute Gasteiger partial charge is 0.355 e. The molecule has 0 radical (unpaired) electrons. The molecule has 5 heteroatoms. The number of esters is 1. The number of aryl methyl sites for hydroxylation is 1. The van der Waals surface area contributed by atoms with Crippen LogP contribution < -0.4 is 0 Å². The molecule has 0 unspecified atom stereocenters. The van der Waals surface area contributed by atoms with Gasteiger partial charge in [0.25, 0.3) is 0 Å². The Labute approximate surface area is 154 Å². The van der Waals surface area contributed by atoms with E-state index in [0.717, 1.165) is 23.1 Å². The lowest BCUT2D eigenvalue weighted by Gasteiger charge is -2.07. The van der Waals surface area contributed by atoms with Gasteiger partial charge < -0.3 is 9.72 Å². The van der Waals surface area contributed by atoms with Crippen molar-refractivity contribution in [3.05, 3.63) is 52.8 Å². The summed E-state index contributed by atoms with van der Waals surface area (Å²) in [6.07, 6.45) is 2.37. The maximum absolute atomic E-state index is 12.1. The van der Waals surface area contributed by atoms with Gasteiger partial charge in [0.05, 0.1) is 24.4 Å². The highest BCUT2D eigenvalue weighted by atomic mass is 16.5. The van der Waals surface area contributed by atoms with Gasteiger partial charge in [-0.1, -0.05) is 44.2 Å². The topological polar surface area (TPSA) is 59.9 Å². The van der Waals surface area contributed by atoms with E-state index in [4.69, 9.17) is 9.84 Å². The van der Waals surface area contributed by atoms with E-state index in [-0.39, 0.29) is 5.97 Å². The van der Waals surface area contributed by atoms with E-state index in [9.17, 15) is 4.79 Å². The summed E-state index contributed by atoms with van der Waals surface area (Å²) >= 11 is 0. The maximum atomic E-state index is 12.1. The molecule has 26 heavy (non-hydrogen) atoms. The third-order valence-corrected chi connectivity index (χ3v) is 4.59. The van der Waals surface area contributed by atoms with Crippen LogP contribution in [0.1, 0.15) is 66.8 Å². The lowest BCUT2D eigenvalue weighted by Crippen LogP contribution is -2.09. The van der Waals surface area contributed by atoms with Gasteiger partial charge in [-0.2, -0.15) is 5.10 Å². The fraction of sp³-hybridized carbons (Fsp3) is 0.429. The van der Waals surface area contributed by atoms with Crippen LogP contribution in [0.25, 0.3) is 11.0 Å². The van der Waals surface area contributed by atoms with E-state index in [1.165, 1.54) is 24.1 Å². The molecule has 0 amide bonds. The molecular formula is C21H27N3O2. The van der Waals surface area contributed by atoms with Crippen molar-refractivity contribution in [1.82, 2.24) is 14.8 Å². The fourth-order valence-corrected chi connectivity index (χ4v) is 3.25. The summed E-state index contributed by atoms with van der Waals surface area (Å²) in [4.78, 5) is 15.4. The van der Waals surface area contributed by atoms with Gasteiger partial charge in [-0.05, 0) is 32.3 Å². The minimum absolute atomic E-state index is 0.302. The number of hydrogen-bond donors (Lipinski definition) is 1. The predicted molar refractivity (Wildman–Crippen MR) is 104 cm³/mol. The largest absolute Gasteiger partial charge is 0.461 e. The zero-order valence-electron chi connectivity index (χ0n) is 16.0. The zero-order chi connectivity index (χ0) is 18.7. The second-order valence-electron chi connectivity index (χ2n) is 6.37. The number of benzene rings is 1. The average molecular weight is 353 g/mol. The normalized spacial score (nSPS) is 13.4. The van der Waals surface area contributed by atoms with E-state index >= 15 is 0 Å². The maximum Gasteiger partial charge on any atom is 0.355 e. The second kappa shape index (κ2) is 7.77. The minimum Gasteiger partial charge on any atom is -0.461 e. The number of nitrogens with one attached hydrogen (secondary N) is 1. The van der Waals surface area contributed by atoms with Crippen LogP contribution in [0.5, 0.6) is 0 Å². The summed E-state index contributed by atoms with van der Waals surface area (Å²) in [6.45, 7) is 8.88. The minimum atomic E-state index is -0.302. The number of carbonyl (C=O) groups is 1. The molecule has 1 N–H and O–H groups in total. The van der Waals surface area contributed by atoms with Crippen LogP contribution in [0.4, 0.5) is 0 Å². The zero-order valence-corrected chi connectivity index (χ0v) is 16.0. The third-order valence-electron chi connectivity index (χ3n) is 4.59. The Kier molecular flexibility index (Phi) is 5.45. The summed E-state index contributed by atoms with van der Waals surface area (Å²) in [7, 11) is 0. The van der Waals surface area contributed by atoms with Crippen molar-refractivity contribution >= 4 is 17.0 Å². The van der Waals surface area contributed by atoms with Crippen molar-refractivity contribution in [2.24, 2.45) is 0 Å². The Hall–Kier alpha value is -2.56. The van der Waals surface area contributed by atoms with Crippen LogP contribution in [0.15, 0.2) is 30.3 Å². The third kappa shape index (κ3) is 3.39. The summed E-state index contributed by atoms with van der Waals surface area (Å²) in [5.41, 5.74) is 5.73. The number of fused-ring (bicyclic) bond motifs is 1. The van der Waals surface area contributed by atoms with E-state index in [1.54, 1.807) is 0 Å². The number of rotatable bonds is 5. The first kappa shape index (κ1) is 18.2. The van der Waals surface area contributed by atoms with Gasteiger partial charge in [0, 0.05) is 11.5 Å². The van der Waals surface area contributed by atoms with Crippen molar-refractivity contribution in [2.75, 3.05) is 6.61 Å². The van der Waals surface area contributed by atoms with Crippen LogP contribution in [0.3, 0.4) is 0 Å². The molecule has 2 heterocycles. The van der Waals surface area contributed by atoms with Crippen LogP contribution in [-0.2, 0) is 11.3 Å². The first-order valence-corrected chi connectivity index (χ1v) is 9.49. The van der Waals surface area contributed by atoms with Crippen molar-refractivity contribution in [3.8, 4) is 0 Å². The molecule has 0 atom stereocenters. The highest BCUT2D eigenvalue weighted by molar-refractivity contribution is 5.97. The Morgan fingerprint density at radius 1 is 1.27 bits per heavy atom. The Balaban J connectivity index is 0.000000948. The molecule has 3 aromatic rings. The van der Waals surface area contributed by atoms with Crippen molar-refractivity contribution < 1.29 is 9.53 Å². The van der Waals surface area contributed by atoms with Gasteiger partial charge in [-0.25, -0.2) is 4.79 Å². The molecule has 0 saturated heterocycles. The molecule has 1 fully saturated rings. The SMILES string of the molecule is CC.CCOC(=O)c1[nH]c2c(C3CC3)n(Cc3ccccc3)nc2c1C. The average Bonchev–Trinajstić information content (AvgIpc) is 3.36. The number of H-pyrrole nitrogens is 1. The molecule has 1 aliphatic carbocycles.